The first kappa shape index (κ1) is 25.2. The molecule has 2 heterocycles. The number of hydrogen-bond donors (Lipinski definition) is 3. The molecule has 1 aliphatic heterocycles. The molecule has 0 saturated heterocycles. The highest BCUT2D eigenvalue weighted by atomic mass is 35.5. The summed E-state index contributed by atoms with van der Waals surface area (Å²) in [5, 5.41) is 16.5. The van der Waals surface area contributed by atoms with E-state index in [1.807, 2.05) is 0 Å². The number of hydrogen-bond acceptors (Lipinski definition) is 5. The number of pyridine rings is 1. The number of halogens is 4. The van der Waals surface area contributed by atoms with Gasteiger partial charge >= 0.3 is 6.18 Å². The number of carbonyl (C=O) groups excluding carboxylic acids is 2. The minimum absolute atomic E-state index is 0.0433. The van der Waals surface area contributed by atoms with Crippen molar-refractivity contribution in [3.63, 3.8) is 0 Å². The Kier molecular flexibility index (Phi) is 7.51. The predicted molar refractivity (Wildman–Crippen MR) is 120 cm³/mol. The van der Waals surface area contributed by atoms with Crippen LogP contribution >= 0.6 is 11.6 Å². The van der Waals surface area contributed by atoms with E-state index in [0.29, 0.717) is 47.7 Å². The van der Waals surface area contributed by atoms with Gasteiger partial charge in [0.05, 0.1) is 23.9 Å². The van der Waals surface area contributed by atoms with Crippen LogP contribution in [-0.4, -0.2) is 34.1 Å². The molecule has 1 aromatic carbocycles. The van der Waals surface area contributed by atoms with Crippen LogP contribution in [0, 0.1) is 5.92 Å². The first-order valence-corrected chi connectivity index (χ1v) is 11.7. The molecule has 35 heavy (non-hydrogen) atoms. The van der Waals surface area contributed by atoms with Crippen molar-refractivity contribution in [3.05, 3.63) is 58.4 Å². The standard InChI is InChI=1S/C24H25ClF3N3O4/c25-15-4-8-20-18(9-15)19(32)10-21(35-20)23(34)31-16-5-1-13(2-6-16)22(33)30-12-17-7-3-14(11-29-17)24(26,27)28/h3-4,7-9,11,13,16,19,21,32H,1-2,5-6,10,12H2,(H,30,33)(H,31,34)/t13?,16?,19-,21+/m1/s1. The van der Waals surface area contributed by atoms with Crippen LogP contribution in [0.1, 0.15) is 55.0 Å². The second-order valence-corrected chi connectivity index (χ2v) is 9.29. The molecule has 3 N–H and O–H groups in total. The molecular weight excluding hydrogens is 487 g/mol. The monoisotopic (exact) mass is 511 g/mol. The van der Waals surface area contributed by atoms with Crippen molar-refractivity contribution >= 4 is 23.4 Å². The third kappa shape index (κ3) is 6.24. The largest absolute Gasteiger partial charge is 0.480 e. The predicted octanol–water partition coefficient (Wildman–Crippen LogP) is 3.93. The zero-order valence-electron chi connectivity index (χ0n) is 18.6. The van der Waals surface area contributed by atoms with E-state index >= 15 is 0 Å². The summed E-state index contributed by atoms with van der Waals surface area (Å²) < 4.78 is 43.6. The van der Waals surface area contributed by atoms with Crippen LogP contribution < -0.4 is 15.4 Å². The van der Waals surface area contributed by atoms with E-state index in [-0.39, 0.29) is 36.7 Å². The molecule has 1 fully saturated rings. The molecule has 2 amide bonds. The maximum absolute atomic E-state index is 12.7. The van der Waals surface area contributed by atoms with E-state index in [0.717, 1.165) is 12.3 Å². The molecule has 0 radical (unpaired) electrons. The molecule has 2 atom stereocenters. The van der Waals surface area contributed by atoms with Gasteiger partial charge in [0.15, 0.2) is 6.10 Å². The number of aliphatic hydroxyl groups is 1. The lowest BCUT2D eigenvalue weighted by Crippen LogP contribution is -2.47. The van der Waals surface area contributed by atoms with Crippen LogP contribution in [0.3, 0.4) is 0 Å². The van der Waals surface area contributed by atoms with Gasteiger partial charge in [-0.05, 0) is 56.0 Å². The molecule has 1 aliphatic carbocycles. The van der Waals surface area contributed by atoms with Gasteiger partial charge in [-0.1, -0.05) is 11.6 Å². The number of aliphatic hydroxyl groups excluding tert-OH is 1. The molecule has 0 bridgehead atoms. The number of aromatic nitrogens is 1. The Morgan fingerprint density at radius 2 is 1.86 bits per heavy atom. The summed E-state index contributed by atoms with van der Waals surface area (Å²) in [7, 11) is 0. The molecule has 4 rings (SSSR count). The van der Waals surface area contributed by atoms with E-state index in [1.165, 1.54) is 6.07 Å². The van der Waals surface area contributed by atoms with Gasteiger partial charge in [-0.3, -0.25) is 14.6 Å². The molecule has 1 saturated carbocycles. The average Bonchev–Trinajstić information content (AvgIpc) is 2.83. The van der Waals surface area contributed by atoms with Gasteiger partial charge in [0.25, 0.3) is 5.91 Å². The first-order valence-electron chi connectivity index (χ1n) is 11.3. The van der Waals surface area contributed by atoms with Crippen molar-refractivity contribution < 1.29 is 32.6 Å². The van der Waals surface area contributed by atoms with Crippen molar-refractivity contribution in [3.8, 4) is 5.75 Å². The van der Waals surface area contributed by atoms with E-state index < -0.39 is 23.9 Å². The van der Waals surface area contributed by atoms with Crippen LogP contribution in [0.2, 0.25) is 5.02 Å². The average molecular weight is 512 g/mol. The van der Waals surface area contributed by atoms with Crippen LogP contribution in [0.4, 0.5) is 13.2 Å². The van der Waals surface area contributed by atoms with E-state index in [4.69, 9.17) is 16.3 Å². The number of rotatable bonds is 5. The van der Waals surface area contributed by atoms with Crippen molar-refractivity contribution in [1.29, 1.82) is 0 Å². The highest BCUT2D eigenvalue weighted by molar-refractivity contribution is 6.30. The lowest BCUT2D eigenvalue weighted by atomic mass is 9.85. The molecule has 2 aromatic rings. The normalized spacial score (nSPS) is 24.1. The minimum atomic E-state index is -4.45. The van der Waals surface area contributed by atoms with Crippen molar-refractivity contribution in [2.45, 2.75) is 63.1 Å². The minimum Gasteiger partial charge on any atom is -0.480 e. The van der Waals surface area contributed by atoms with Crippen molar-refractivity contribution in [1.82, 2.24) is 15.6 Å². The van der Waals surface area contributed by atoms with E-state index in [9.17, 15) is 27.9 Å². The lowest BCUT2D eigenvalue weighted by molar-refractivity contribution is -0.138. The maximum Gasteiger partial charge on any atom is 0.417 e. The zero-order chi connectivity index (χ0) is 25.2. The Morgan fingerprint density at radius 3 is 2.51 bits per heavy atom. The molecule has 2 aliphatic rings. The number of amides is 2. The van der Waals surface area contributed by atoms with Crippen LogP contribution in [0.15, 0.2) is 36.5 Å². The van der Waals surface area contributed by atoms with Gasteiger partial charge in [-0.2, -0.15) is 13.2 Å². The Bertz CT molecular complexity index is 1070. The smallest absolute Gasteiger partial charge is 0.417 e. The number of nitrogens with one attached hydrogen (secondary N) is 2. The number of benzene rings is 1. The topological polar surface area (TPSA) is 101 Å². The van der Waals surface area contributed by atoms with Crippen LogP contribution in [0.5, 0.6) is 5.75 Å². The molecule has 7 nitrogen and oxygen atoms in total. The Hall–Kier alpha value is -2.85. The summed E-state index contributed by atoms with van der Waals surface area (Å²) >= 11 is 5.96. The first-order chi connectivity index (χ1) is 16.6. The fourth-order valence-corrected chi connectivity index (χ4v) is 4.57. The molecule has 188 valence electrons. The highest BCUT2D eigenvalue weighted by Crippen LogP contribution is 2.36. The number of nitrogens with zero attached hydrogens (tertiary/aromatic N) is 1. The fourth-order valence-electron chi connectivity index (χ4n) is 4.39. The zero-order valence-corrected chi connectivity index (χ0v) is 19.4. The van der Waals surface area contributed by atoms with E-state index in [2.05, 4.69) is 15.6 Å². The summed E-state index contributed by atoms with van der Waals surface area (Å²) in [6.45, 7) is 0.0433. The number of alkyl halides is 3. The molecule has 0 unspecified atom stereocenters. The van der Waals surface area contributed by atoms with Crippen molar-refractivity contribution in [2.75, 3.05) is 0 Å². The van der Waals surface area contributed by atoms with Gasteiger partial charge in [0, 0.05) is 35.2 Å². The molecular formula is C24H25ClF3N3O4. The Balaban J connectivity index is 1.22. The van der Waals surface area contributed by atoms with Gasteiger partial charge in [0.1, 0.15) is 5.75 Å². The summed E-state index contributed by atoms with van der Waals surface area (Å²) in [4.78, 5) is 29.0. The SMILES string of the molecule is O=C(NCc1ccc(C(F)(F)F)cn1)C1CCC(NC(=O)[C@@H]2C[C@@H](O)c3cc(Cl)ccc3O2)CC1. The summed E-state index contributed by atoms with van der Waals surface area (Å²) in [5.74, 6) is -0.324. The summed E-state index contributed by atoms with van der Waals surface area (Å²) in [6.07, 6.45) is -2.94. The number of carbonyl (C=O) groups is 2. The van der Waals surface area contributed by atoms with Gasteiger partial charge in [0.2, 0.25) is 5.91 Å². The Labute approximate surface area is 205 Å². The lowest BCUT2D eigenvalue weighted by Gasteiger charge is -2.32. The van der Waals surface area contributed by atoms with Gasteiger partial charge < -0.3 is 20.5 Å². The summed E-state index contributed by atoms with van der Waals surface area (Å²) in [5.41, 5.74) is 0.0556. The third-order valence-corrected chi connectivity index (χ3v) is 6.61. The van der Waals surface area contributed by atoms with Gasteiger partial charge in [-0.15, -0.1) is 0 Å². The molecule has 0 spiro atoms. The van der Waals surface area contributed by atoms with Crippen molar-refractivity contribution in [2.24, 2.45) is 5.92 Å². The second kappa shape index (κ2) is 10.4. The molecule has 1 aromatic heterocycles. The fraction of sp³-hybridized carbons (Fsp3) is 0.458. The van der Waals surface area contributed by atoms with Crippen LogP contribution in [0.25, 0.3) is 0 Å². The highest BCUT2D eigenvalue weighted by Gasteiger charge is 2.34. The maximum atomic E-state index is 12.7. The van der Waals surface area contributed by atoms with Gasteiger partial charge in [-0.25, -0.2) is 0 Å². The van der Waals surface area contributed by atoms with E-state index in [1.54, 1.807) is 18.2 Å². The third-order valence-electron chi connectivity index (χ3n) is 6.37. The quantitative estimate of drug-likeness (QED) is 0.565. The summed E-state index contributed by atoms with van der Waals surface area (Å²) in [6, 6.07) is 6.95. The second-order valence-electron chi connectivity index (χ2n) is 8.85. The van der Waals surface area contributed by atoms with Crippen LogP contribution in [-0.2, 0) is 22.3 Å². The Morgan fingerprint density at radius 1 is 1.11 bits per heavy atom. The number of fused-ring (bicyclic) bond motifs is 1. The molecule has 11 heteroatoms. The number of ether oxygens (including phenoxy) is 1.